The van der Waals surface area contributed by atoms with E-state index in [0.717, 1.165) is 12.1 Å². The Bertz CT molecular complexity index is 1020. The van der Waals surface area contributed by atoms with Crippen LogP contribution in [0.4, 0.5) is 8.78 Å². The van der Waals surface area contributed by atoms with E-state index in [1.54, 1.807) is 42.6 Å². The van der Waals surface area contributed by atoms with Gasteiger partial charge in [-0.2, -0.15) is 4.55 Å². The van der Waals surface area contributed by atoms with E-state index in [1.807, 2.05) is 0 Å². The highest BCUT2D eigenvalue weighted by Gasteiger charge is 2.38. The molecule has 1 aliphatic heterocycles. The van der Waals surface area contributed by atoms with Crippen molar-refractivity contribution in [3.05, 3.63) is 76.3 Å². The summed E-state index contributed by atoms with van der Waals surface area (Å²) in [4.78, 5) is 13.5. The Kier molecular flexibility index (Phi) is 6.37. The number of carbonyl (C=O) groups is 1. The summed E-state index contributed by atoms with van der Waals surface area (Å²) in [5.74, 6) is -1.93. The van der Waals surface area contributed by atoms with Crippen molar-refractivity contribution in [2.24, 2.45) is 0 Å². The molecule has 1 amide bonds. The molecule has 0 aliphatic carbocycles. The van der Waals surface area contributed by atoms with Gasteiger partial charge >= 0.3 is 10.4 Å². The van der Waals surface area contributed by atoms with E-state index in [9.17, 15) is 22.3 Å². The van der Waals surface area contributed by atoms with Crippen LogP contribution in [0.25, 0.3) is 0 Å². The second kappa shape index (κ2) is 8.62. The molecule has 2 aromatic carbocycles. The zero-order chi connectivity index (χ0) is 21.2. The van der Waals surface area contributed by atoms with Crippen molar-refractivity contribution < 1.29 is 22.3 Å². The first-order valence-electron chi connectivity index (χ1n) is 8.58. The van der Waals surface area contributed by atoms with E-state index < -0.39 is 32.5 Å². The van der Waals surface area contributed by atoms with Gasteiger partial charge in [-0.1, -0.05) is 28.6 Å². The van der Waals surface area contributed by atoms with Crippen molar-refractivity contribution in [1.29, 1.82) is 0 Å². The van der Waals surface area contributed by atoms with Gasteiger partial charge < -0.3 is 10.2 Å². The van der Waals surface area contributed by atoms with Crippen LogP contribution in [0.1, 0.15) is 21.5 Å². The van der Waals surface area contributed by atoms with Gasteiger partial charge in [-0.05, 0) is 45.9 Å². The predicted octanol–water partition coefficient (Wildman–Crippen LogP) is 3.47. The van der Waals surface area contributed by atoms with E-state index in [2.05, 4.69) is 10.0 Å². The molecule has 6 nitrogen and oxygen atoms in total. The number of nitrogens with zero attached hydrogens (tertiary/aromatic N) is 1. The second-order valence-electron chi connectivity index (χ2n) is 6.49. The van der Waals surface area contributed by atoms with Gasteiger partial charge in [0, 0.05) is 31.4 Å². The first-order chi connectivity index (χ1) is 13.7. The lowest BCUT2D eigenvalue weighted by Gasteiger charge is -2.19. The van der Waals surface area contributed by atoms with Crippen LogP contribution in [0.15, 0.2) is 52.9 Å². The van der Waals surface area contributed by atoms with Gasteiger partial charge in [-0.25, -0.2) is 8.78 Å². The van der Waals surface area contributed by atoms with Gasteiger partial charge in [0.05, 0.1) is 0 Å². The third-order valence-electron chi connectivity index (χ3n) is 4.32. The predicted molar refractivity (Wildman–Crippen MR) is 109 cm³/mol. The normalized spacial score (nSPS) is 18.0. The first kappa shape index (κ1) is 21.4. The molecule has 0 saturated heterocycles. The largest absolute Gasteiger partial charge is 0.353 e. The fourth-order valence-corrected chi connectivity index (χ4v) is 5.02. The molecule has 3 N–H and O–H groups in total. The zero-order valence-corrected chi connectivity index (χ0v) is 17.3. The standard InChI is InChI=1S/C19H19F2N3O3S2/c1-12-3-4-13(9-15(12)20)11-22-18(25)14-5-6-17(16(21)10-14)29(26,27)23-19-24(2)7-8-28-19/h3-10,19H,11H2,1-2H3,(H2-,22,23,25,26,27)/p+1. The number of hydrogen-bond donors (Lipinski definition) is 3. The molecule has 1 heterocycles. The topological polar surface area (TPSA) is 81.7 Å². The second-order valence-corrected chi connectivity index (χ2v) is 9.21. The molecular formula is C19H20F2N3O3S2+. The molecule has 2 aromatic rings. The maximum Gasteiger partial charge on any atom is 0.329 e. The summed E-state index contributed by atoms with van der Waals surface area (Å²) >= 11 is 1.27. The molecule has 3 rings (SSSR count). The average molecular weight is 441 g/mol. The number of nitrogens with one attached hydrogen (secondary N) is 2. The lowest BCUT2D eigenvalue weighted by Crippen LogP contribution is -2.43. The minimum Gasteiger partial charge on any atom is -0.353 e. The molecule has 1 aliphatic rings. The van der Waals surface area contributed by atoms with Crippen molar-refractivity contribution in [2.75, 3.05) is 7.05 Å². The van der Waals surface area contributed by atoms with Crippen LogP contribution < -0.4 is 10.0 Å². The number of halogens is 2. The molecule has 2 atom stereocenters. The smallest absolute Gasteiger partial charge is 0.329 e. The molecule has 29 heavy (non-hydrogen) atoms. The van der Waals surface area contributed by atoms with Crippen LogP contribution in [-0.4, -0.2) is 27.9 Å². The van der Waals surface area contributed by atoms with Crippen LogP contribution in [0, 0.1) is 18.6 Å². The van der Waals surface area contributed by atoms with Crippen molar-refractivity contribution >= 4 is 28.1 Å². The van der Waals surface area contributed by atoms with Crippen molar-refractivity contribution in [3.8, 4) is 0 Å². The number of aryl methyl sites for hydroxylation is 1. The van der Waals surface area contributed by atoms with Gasteiger partial charge in [-0.15, -0.1) is 0 Å². The van der Waals surface area contributed by atoms with Gasteiger partial charge in [0.1, 0.15) is 5.82 Å². The van der Waals surface area contributed by atoms with E-state index in [1.165, 1.54) is 23.9 Å². The van der Waals surface area contributed by atoms with Crippen LogP contribution in [0.2, 0.25) is 0 Å². The minimum absolute atomic E-state index is 0.0111. The molecule has 0 radical (unpaired) electrons. The fourth-order valence-electron chi connectivity index (χ4n) is 2.59. The fraction of sp³-hybridized carbons (Fsp3) is 0.211. The number of hydrogen-bond acceptors (Lipinski definition) is 4. The average Bonchev–Trinajstić information content (AvgIpc) is 3.06. The first-order valence-corrected chi connectivity index (χ1v) is 11.0. The lowest BCUT2D eigenvalue weighted by atomic mass is 10.1. The molecule has 0 aromatic heterocycles. The maximum absolute atomic E-state index is 14.5. The van der Waals surface area contributed by atoms with Crippen molar-refractivity contribution in [1.82, 2.24) is 14.9 Å². The van der Waals surface area contributed by atoms with Crippen molar-refractivity contribution in [3.63, 3.8) is 0 Å². The number of amides is 1. The summed E-state index contributed by atoms with van der Waals surface area (Å²) in [7, 11) is -2.15. The molecule has 154 valence electrons. The molecule has 2 unspecified atom stereocenters. The number of carbonyl (C=O) groups excluding carboxylic acids is 1. The Morgan fingerprint density at radius 1 is 1.24 bits per heavy atom. The number of benzene rings is 2. The summed E-state index contributed by atoms with van der Waals surface area (Å²) in [5.41, 5.74) is 0.540. The Hall–Kier alpha value is -2.27. The minimum atomic E-state index is -3.86. The monoisotopic (exact) mass is 440 g/mol. The zero-order valence-electron chi connectivity index (χ0n) is 15.7. The van der Waals surface area contributed by atoms with E-state index >= 15 is 0 Å². The van der Waals surface area contributed by atoms with E-state index in [0.29, 0.717) is 11.1 Å². The van der Waals surface area contributed by atoms with Gasteiger partial charge in [0.2, 0.25) is 4.90 Å². The SMILES string of the molecule is Cc1ccc(CNC(=O)c2ccc([S+](=O)(O)NC3SC=CN3C)c(F)c2)cc1F. The molecular weight excluding hydrogens is 420 g/mol. The third kappa shape index (κ3) is 5.02. The van der Waals surface area contributed by atoms with Crippen LogP contribution >= 0.6 is 11.8 Å². The molecule has 0 bridgehead atoms. The molecule has 0 saturated carbocycles. The van der Waals surface area contributed by atoms with Gasteiger partial charge in [0.15, 0.2) is 11.3 Å². The van der Waals surface area contributed by atoms with E-state index in [4.69, 9.17) is 0 Å². The summed E-state index contributed by atoms with van der Waals surface area (Å²) < 4.78 is 53.4. The quantitative estimate of drug-likeness (QED) is 0.600. The molecule has 10 heteroatoms. The van der Waals surface area contributed by atoms with Crippen LogP contribution in [-0.2, 0) is 21.2 Å². The Morgan fingerprint density at radius 3 is 2.62 bits per heavy atom. The number of thioether (sulfide) groups is 1. The van der Waals surface area contributed by atoms with Gasteiger partial charge in [-0.3, -0.25) is 4.79 Å². The highest BCUT2D eigenvalue weighted by Crippen LogP contribution is 2.26. The summed E-state index contributed by atoms with van der Waals surface area (Å²) in [6.07, 6.45) is 1.72. The van der Waals surface area contributed by atoms with E-state index in [-0.39, 0.29) is 17.9 Å². The van der Waals surface area contributed by atoms with Crippen molar-refractivity contribution in [2.45, 2.75) is 23.9 Å². The summed E-state index contributed by atoms with van der Waals surface area (Å²) in [5, 5.41) is 4.32. The maximum atomic E-state index is 14.5. The Morgan fingerprint density at radius 2 is 2.00 bits per heavy atom. The highest BCUT2D eigenvalue weighted by atomic mass is 32.3. The lowest BCUT2D eigenvalue weighted by molar-refractivity contribution is 0.0950. The third-order valence-corrected chi connectivity index (χ3v) is 6.92. The van der Waals surface area contributed by atoms with Crippen LogP contribution in [0.3, 0.4) is 0 Å². The van der Waals surface area contributed by atoms with Gasteiger partial charge in [0.25, 0.3) is 5.91 Å². The molecule has 0 spiro atoms. The Balaban J connectivity index is 1.68. The number of rotatable bonds is 6. The molecule has 0 fully saturated rings. The Labute approximate surface area is 172 Å². The summed E-state index contributed by atoms with van der Waals surface area (Å²) in [6.45, 7) is 1.70. The summed E-state index contributed by atoms with van der Waals surface area (Å²) in [6, 6.07) is 7.89. The van der Waals surface area contributed by atoms with Crippen LogP contribution in [0.5, 0.6) is 0 Å². The highest BCUT2D eigenvalue weighted by molar-refractivity contribution is 8.04.